The van der Waals surface area contributed by atoms with Gasteiger partial charge in [-0.2, -0.15) is 0 Å². The monoisotopic (exact) mass is 545 g/mol. The largest absolute Gasteiger partial charge is 0.396 e. The molecule has 1 aromatic rings. The van der Waals surface area contributed by atoms with E-state index >= 15 is 4.39 Å². The first-order valence-corrected chi connectivity index (χ1v) is 16.7. The van der Waals surface area contributed by atoms with Gasteiger partial charge in [-0.3, -0.25) is 4.99 Å². The minimum absolute atomic E-state index is 0.0338. The second kappa shape index (κ2) is 9.19. The lowest BCUT2D eigenvalue weighted by molar-refractivity contribution is 0.217. The second-order valence-electron chi connectivity index (χ2n) is 10.1. The molecule has 0 saturated heterocycles. The molecule has 180 valence electrons. The van der Waals surface area contributed by atoms with Crippen molar-refractivity contribution < 1.29 is 13.7 Å². The van der Waals surface area contributed by atoms with Gasteiger partial charge in [-0.1, -0.05) is 38.9 Å². The number of halogens is 2. The molecule has 2 aliphatic rings. The summed E-state index contributed by atoms with van der Waals surface area (Å²) in [5.41, 5.74) is -0.0481. The molecule has 9 heteroatoms. The molecule has 0 amide bonds. The highest BCUT2D eigenvalue weighted by Gasteiger charge is 2.49. The SMILES string of the molecule is CC[Si](CC)(CC)c1cc(Br)nc(C2[C@@H](C)N=CC(C)(C)[S@@]2(=O)=NCC2(CO)CC2)c1F. The summed E-state index contributed by atoms with van der Waals surface area (Å²) in [7, 11) is -5.03. The van der Waals surface area contributed by atoms with E-state index in [2.05, 4.69) is 46.7 Å². The molecule has 1 unspecified atom stereocenters. The third-order valence-electron chi connectivity index (χ3n) is 7.86. The Labute approximate surface area is 202 Å². The molecule has 32 heavy (non-hydrogen) atoms. The summed E-state index contributed by atoms with van der Waals surface area (Å²) >= 11 is 3.52. The molecule has 3 atom stereocenters. The first kappa shape index (κ1) is 26.0. The highest BCUT2D eigenvalue weighted by atomic mass is 79.9. The molecule has 1 saturated carbocycles. The van der Waals surface area contributed by atoms with Crippen LogP contribution in [0.2, 0.25) is 18.1 Å². The Kier molecular flexibility index (Phi) is 7.46. The Morgan fingerprint density at radius 2 is 1.88 bits per heavy atom. The Balaban J connectivity index is 2.25. The summed E-state index contributed by atoms with van der Waals surface area (Å²) < 4.78 is 35.5. The fourth-order valence-electron chi connectivity index (χ4n) is 4.86. The average Bonchev–Trinajstić information content (AvgIpc) is 3.55. The van der Waals surface area contributed by atoms with E-state index in [1.165, 1.54) is 0 Å². The maximum absolute atomic E-state index is 16.3. The summed E-state index contributed by atoms with van der Waals surface area (Å²) in [6.45, 7) is 12.4. The maximum atomic E-state index is 16.3. The Morgan fingerprint density at radius 3 is 2.38 bits per heavy atom. The summed E-state index contributed by atoms with van der Waals surface area (Å²) in [6, 6.07) is 4.25. The normalized spacial score (nSPS) is 28.5. The number of hydrogen-bond donors (Lipinski definition) is 1. The van der Waals surface area contributed by atoms with Crippen LogP contribution in [0.15, 0.2) is 20.0 Å². The van der Waals surface area contributed by atoms with Crippen LogP contribution in [0.3, 0.4) is 0 Å². The predicted octanol–water partition coefficient (Wildman–Crippen LogP) is 5.23. The molecular formula is C23H37BrFN3O2SSi. The van der Waals surface area contributed by atoms with Crippen molar-refractivity contribution in [2.75, 3.05) is 13.2 Å². The molecule has 1 N–H and O–H groups in total. The highest BCUT2D eigenvalue weighted by molar-refractivity contribution is 9.10. The molecule has 1 aromatic heterocycles. The fraction of sp³-hybridized carbons (Fsp3) is 0.739. The fourth-order valence-corrected chi connectivity index (χ4v) is 12.1. The molecule has 1 aliphatic heterocycles. The van der Waals surface area contributed by atoms with Gasteiger partial charge in [0.05, 0.1) is 47.4 Å². The van der Waals surface area contributed by atoms with Crippen molar-refractivity contribution in [1.82, 2.24) is 4.98 Å². The van der Waals surface area contributed by atoms with Crippen molar-refractivity contribution in [3.63, 3.8) is 0 Å². The molecule has 1 aliphatic carbocycles. The molecule has 5 nitrogen and oxygen atoms in total. The summed E-state index contributed by atoms with van der Waals surface area (Å²) in [5.74, 6) is -0.318. The van der Waals surface area contributed by atoms with E-state index in [1.807, 2.05) is 26.8 Å². The lowest BCUT2D eigenvalue weighted by Gasteiger charge is -2.38. The number of aliphatic hydroxyl groups is 1. The van der Waals surface area contributed by atoms with Gasteiger partial charge in [-0.25, -0.2) is 17.9 Å². The van der Waals surface area contributed by atoms with Crippen LogP contribution in [-0.2, 0) is 9.73 Å². The van der Waals surface area contributed by atoms with Gasteiger partial charge < -0.3 is 5.11 Å². The van der Waals surface area contributed by atoms with E-state index in [1.54, 1.807) is 6.21 Å². The van der Waals surface area contributed by atoms with Gasteiger partial charge in [0.25, 0.3) is 0 Å². The zero-order chi connectivity index (χ0) is 23.9. The summed E-state index contributed by atoms with van der Waals surface area (Å²) in [5, 5.41) is 9.79. The Morgan fingerprint density at radius 1 is 1.28 bits per heavy atom. The van der Waals surface area contributed by atoms with E-state index in [0.29, 0.717) is 11.1 Å². The van der Waals surface area contributed by atoms with Crippen LogP contribution in [0.25, 0.3) is 0 Å². The quantitative estimate of drug-likeness (QED) is 0.358. The van der Waals surface area contributed by atoms with E-state index in [9.17, 15) is 9.32 Å². The molecule has 0 aromatic carbocycles. The molecule has 2 heterocycles. The number of aliphatic imine (C=N–C) groups is 1. The van der Waals surface area contributed by atoms with E-state index < -0.39 is 33.8 Å². The lowest BCUT2D eigenvalue weighted by Crippen LogP contribution is -2.50. The molecule has 1 fully saturated rings. The number of nitrogens with zero attached hydrogens (tertiary/aromatic N) is 3. The molecule has 0 spiro atoms. The standard InChI is InChI=1S/C23H37BrFN3O2SSi/c1-7-32(8-2,9-3)17-12-18(24)28-20(19(17)25)21-16(4)26-13-22(5,6)31(21,30)27-14-23(15-29)10-11-23/h12-13,16,21,29H,7-11,14-15H2,1-6H3/t16-,21?,31-/m1/s1. The van der Waals surface area contributed by atoms with Gasteiger partial charge in [0.1, 0.15) is 15.7 Å². The minimum atomic E-state index is -2.98. The van der Waals surface area contributed by atoms with Crippen molar-refractivity contribution in [3.8, 4) is 0 Å². The van der Waals surface area contributed by atoms with Gasteiger partial charge in [0.2, 0.25) is 0 Å². The minimum Gasteiger partial charge on any atom is -0.396 e. The number of hydrogen-bond acceptors (Lipinski definition) is 5. The van der Waals surface area contributed by atoms with Gasteiger partial charge >= 0.3 is 0 Å². The number of aromatic nitrogens is 1. The van der Waals surface area contributed by atoms with Gasteiger partial charge in [-0.05, 0) is 60.8 Å². The van der Waals surface area contributed by atoms with Gasteiger partial charge in [0.15, 0.2) is 0 Å². The predicted molar refractivity (Wildman–Crippen MR) is 138 cm³/mol. The average molecular weight is 547 g/mol. The van der Waals surface area contributed by atoms with Crippen LogP contribution in [0.5, 0.6) is 0 Å². The molecule has 3 rings (SSSR count). The van der Waals surface area contributed by atoms with Crippen LogP contribution >= 0.6 is 15.9 Å². The summed E-state index contributed by atoms with van der Waals surface area (Å²) in [4.78, 5) is 9.18. The van der Waals surface area contributed by atoms with Gasteiger partial charge in [0, 0.05) is 11.6 Å². The number of aliphatic hydroxyl groups excluding tert-OH is 1. The van der Waals surface area contributed by atoms with Crippen LogP contribution in [0, 0.1) is 11.2 Å². The van der Waals surface area contributed by atoms with E-state index in [0.717, 1.165) is 36.2 Å². The van der Waals surface area contributed by atoms with E-state index in [-0.39, 0.29) is 23.5 Å². The van der Waals surface area contributed by atoms with Crippen molar-refractivity contribution in [3.05, 3.63) is 22.2 Å². The Bertz CT molecular complexity index is 1010. The van der Waals surface area contributed by atoms with Crippen molar-refractivity contribution in [2.24, 2.45) is 14.8 Å². The first-order chi connectivity index (χ1) is 14.9. The molecule has 0 bridgehead atoms. The maximum Gasteiger partial charge on any atom is 0.145 e. The number of pyridine rings is 1. The third kappa shape index (κ3) is 4.27. The lowest BCUT2D eigenvalue weighted by atomic mass is 10.1. The van der Waals surface area contributed by atoms with Crippen LogP contribution in [0.4, 0.5) is 4.39 Å². The van der Waals surface area contributed by atoms with Crippen LogP contribution in [-0.4, -0.2) is 52.5 Å². The Hall–Kier alpha value is -0.643. The molecule has 0 radical (unpaired) electrons. The van der Waals surface area contributed by atoms with Gasteiger partial charge in [-0.15, -0.1) is 0 Å². The second-order valence-corrected chi connectivity index (χ2v) is 19.1. The van der Waals surface area contributed by atoms with Crippen molar-refractivity contribution in [1.29, 1.82) is 0 Å². The molecular weight excluding hydrogens is 509 g/mol. The van der Waals surface area contributed by atoms with Crippen LogP contribution in [0.1, 0.15) is 65.3 Å². The van der Waals surface area contributed by atoms with Crippen molar-refractivity contribution in [2.45, 2.75) is 88.6 Å². The van der Waals surface area contributed by atoms with Crippen LogP contribution < -0.4 is 5.19 Å². The topological polar surface area (TPSA) is 74.9 Å². The highest BCUT2D eigenvalue weighted by Crippen LogP contribution is 2.47. The smallest absolute Gasteiger partial charge is 0.145 e. The number of rotatable bonds is 8. The first-order valence-electron chi connectivity index (χ1n) is 11.7. The van der Waals surface area contributed by atoms with E-state index in [4.69, 9.17) is 4.36 Å². The third-order valence-corrected chi connectivity index (χ3v) is 17.3. The zero-order valence-electron chi connectivity index (χ0n) is 20.1. The van der Waals surface area contributed by atoms with Crippen molar-refractivity contribution >= 4 is 45.1 Å². The summed E-state index contributed by atoms with van der Waals surface area (Å²) in [6.07, 6.45) is 3.48. The zero-order valence-corrected chi connectivity index (χ0v) is 23.5.